The van der Waals surface area contributed by atoms with E-state index >= 15 is 0 Å². The van der Waals surface area contributed by atoms with Gasteiger partial charge in [-0.05, 0) is 6.08 Å². The van der Waals surface area contributed by atoms with E-state index in [9.17, 15) is 16.8 Å². The quantitative estimate of drug-likeness (QED) is 0.658. The lowest BCUT2D eigenvalue weighted by atomic mass is 9.91. The Kier molecular flexibility index (Phi) is 3.87. The van der Waals surface area contributed by atoms with Crippen LogP contribution >= 0.6 is 0 Å². The second-order valence-electron chi connectivity index (χ2n) is 3.95. The Morgan fingerprint density at radius 1 is 1.00 bits per heavy atom. The Hall–Kier alpha value is -1.86. The first kappa shape index (κ1) is 13.6. The Morgan fingerprint density at radius 2 is 1.74 bits per heavy atom. The molecule has 0 fully saturated rings. The summed E-state index contributed by atoms with van der Waals surface area (Å²) in [6.45, 7) is 0. The van der Waals surface area contributed by atoms with Gasteiger partial charge in [-0.1, -0.05) is 24.3 Å². The topological polar surface area (TPSA) is 92.1 Å². The van der Waals surface area contributed by atoms with Gasteiger partial charge in [0, 0.05) is 24.0 Å². The van der Waals surface area contributed by atoms with E-state index in [0.29, 0.717) is 11.1 Å². The van der Waals surface area contributed by atoms with Crippen LogP contribution in [0.3, 0.4) is 0 Å². The van der Waals surface area contributed by atoms with Crippen molar-refractivity contribution in [2.24, 2.45) is 0 Å². The van der Waals surface area contributed by atoms with Gasteiger partial charge in [0.15, 0.2) is 0 Å². The van der Waals surface area contributed by atoms with Crippen LogP contribution < -0.4 is 5.73 Å². The van der Waals surface area contributed by atoms with Gasteiger partial charge < -0.3 is 5.73 Å². The molecule has 0 aromatic carbocycles. The molecule has 0 amide bonds. The van der Waals surface area contributed by atoms with Crippen molar-refractivity contribution in [1.29, 1.82) is 0 Å². The summed E-state index contributed by atoms with van der Waals surface area (Å²) < 4.78 is 44.3. The van der Waals surface area contributed by atoms with E-state index < -0.39 is 20.6 Å². The third-order valence-corrected chi connectivity index (χ3v) is 4.31. The molecular formula is C12H10NO4S2. The predicted octanol–water partition coefficient (Wildman–Crippen LogP) is 0.473. The van der Waals surface area contributed by atoms with Crippen LogP contribution in [0.2, 0.25) is 0 Å². The molecule has 0 unspecified atom stereocenters. The SMILES string of the molecule is [NH]C1=CCC(=S(=O)=O)C=C1C1=CC=CCC1=S(=O)=O. The molecule has 0 aromatic heterocycles. The van der Waals surface area contributed by atoms with Gasteiger partial charge in [0.05, 0.1) is 15.4 Å². The highest BCUT2D eigenvalue weighted by atomic mass is 32.2. The van der Waals surface area contributed by atoms with Gasteiger partial charge in [-0.2, -0.15) is 16.8 Å². The van der Waals surface area contributed by atoms with E-state index in [-0.39, 0.29) is 28.3 Å². The van der Waals surface area contributed by atoms with Crippen molar-refractivity contribution in [1.82, 2.24) is 5.73 Å². The lowest BCUT2D eigenvalue weighted by Gasteiger charge is -2.16. The van der Waals surface area contributed by atoms with E-state index in [0.717, 1.165) is 0 Å². The number of hydrogen-bond donors (Lipinski definition) is 0. The minimum absolute atomic E-state index is 0.138. The molecule has 2 aliphatic carbocycles. The highest BCUT2D eigenvalue weighted by molar-refractivity contribution is 7.73. The molecule has 2 aliphatic rings. The zero-order valence-electron chi connectivity index (χ0n) is 9.75. The Balaban J connectivity index is 2.66. The van der Waals surface area contributed by atoms with Gasteiger partial charge in [0.2, 0.25) is 20.6 Å². The summed E-state index contributed by atoms with van der Waals surface area (Å²) in [5.74, 6) is 0. The average Bonchev–Trinajstić information content (AvgIpc) is 2.39. The second-order valence-corrected chi connectivity index (χ2v) is 5.91. The van der Waals surface area contributed by atoms with Crippen LogP contribution in [0, 0.1) is 0 Å². The fraction of sp³-hybridized carbons (Fsp3) is 0.167. The van der Waals surface area contributed by atoms with Crippen molar-refractivity contribution in [3.8, 4) is 0 Å². The number of nitrogens with one attached hydrogen (secondary N) is 1. The number of rotatable bonds is 1. The smallest absolute Gasteiger partial charge is 0.218 e. The zero-order valence-corrected chi connectivity index (χ0v) is 11.4. The summed E-state index contributed by atoms with van der Waals surface area (Å²) in [7, 11) is -4.75. The van der Waals surface area contributed by atoms with Crippen molar-refractivity contribution in [2.45, 2.75) is 12.8 Å². The van der Waals surface area contributed by atoms with Crippen molar-refractivity contribution >= 4 is 30.3 Å². The van der Waals surface area contributed by atoms with E-state index in [4.69, 9.17) is 5.73 Å². The van der Waals surface area contributed by atoms with Crippen LogP contribution in [0.25, 0.3) is 0 Å². The van der Waals surface area contributed by atoms with Crippen LogP contribution in [0.1, 0.15) is 12.8 Å². The van der Waals surface area contributed by atoms with Gasteiger partial charge in [0.1, 0.15) is 0 Å². The monoisotopic (exact) mass is 296 g/mol. The van der Waals surface area contributed by atoms with Gasteiger partial charge in [-0.3, -0.25) is 0 Å². The summed E-state index contributed by atoms with van der Waals surface area (Å²) in [6, 6.07) is 0. The molecule has 2 rings (SSSR count). The second kappa shape index (κ2) is 5.41. The van der Waals surface area contributed by atoms with Gasteiger partial charge in [-0.25, -0.2) is 0 Å². The minimum atomic E-state index is -2.39. The summed E-state index contributed by atoms with van der Waals surface area (Å²) in [4.78, 5) is 0.322. The van der Waals surface area contributed by atoms with Gasteiger partial charge >= 0.3 is 0 Å². The van der Waals surface area contributed by atoms with E-state index in [1.807, 2.05) is 0 Å². The summed E-state index contributed by atoms with van der Waals surface area (Å²) in [6.07, 6.45) is 8.22. The number of allylic oxidation sites excluding steroid dienone is 6. The third-order valence-electron chi connectivity index (χ3n) is 2.81. The molecule has 0 heterocycles. The van der Waals surface area contributed by atoms with Crippen molar-refractivity contribution in [3.05, 3.63) is 47.2 Å². The van der Waals surface area contributed by atoms with Crippen LogP contribution in [-0.4, -0.2) is 26.6 Å². The standard InChI is InChI=1S/C12H10NO4S2/c13-11-6-5-8(18(14)15)7-10(11)9-3-1-2-4-12(9)19(16)17/h1-3,6-7,13H,4-5H2. The van der Waals surface area contributed by atoms with Crippen molar-refractivity contribution in [2.75, 3.05) is 0 Å². The molecule has 5 nitrogen and oxygen atoms in total. The van der Waals surface area contributed by atoms with Crippen LogP contribution in [-0.2, 0) is 20.6 Å². The largest absolute Gasteiger partial charge is 0.301 e. The molecule has 0 saturated heterocycles. The predicted molar refractivity (Wildman–Crippen MR) is 73.6 cm³/mol. The van der Waals surface area contributed by atoms with E-state index in [1.165, 1.54) is 12.2 Å². The normalized spacial score (nSPS) is 18.6. The minimum Gasteiger partial charge on any atom is -0.301 e. The molecule has 0 bridgehead atoms. The summed E-state index contributed by atoms with van der Waals surface area (Å²) >= 11 is 0. The molecule has 99 valence electrons. The fourth-order valence-electron chi connectivity index (χ4n) is 1.89. The lowest BCUT2D eigenvalue weighted by Crippen LogP contribution is -2.14. The molecular weight excluding hydrogens is 286 g/mol. The Morgan fingerprint density at radius 3 is 2.37 bits per heavy atom. The van der Waals surface area contributed by atoms with Gasteiger partial charge in [0.25, 0.3) is 0 Å². The van der Waals surface area contributed by atoms with Crippen LogP contribution in [0.5, 0.6) is 0 Å². The molecule has 7 heteroatoms. The highest BCUT2D eigenvalue weighted by Gasteiger charge is 2.20. The number of hydrogen-bond acceptors (Lipinski definition) is 4. The Bertz CT molecular complexity index is 803. The summed E-state index contributed by atoms with van der Waals surface area (Å²) in [5.41, 5.74) is 8.68. The average molecular weight is 296 g/mol. The molecule has 0 aliphatic heterocycles. The fourth-order valence-corrected chi connectivity index (χ4v) is 2.91. The van der Waals surface area contributed by atoms with Crippen molar-refractivity contribution in [3.63, 3.8) is 0 Å². The molecule has 0 saturated carbocycles. The maximum absolute atomic E-state index is 11.2. The van der Waals surface area contributed by atoms with Crippen LogP contribution in [0.4, 0.5) is 0 Å². The molecule has 0 aromatic rings. The molecule has 0 spiro atoms. The van der Waals surface area contributed by atoms with Crippen LogP contribution in [0.15, 0.2) is 47.2 Å². The molecule has 1 radical (unpaired) electrons. The third kappa shape index (κ3) is 2.77. The zero-order chi connectivity index (χ0) is 14.0. The molecule has 1 N–H and O–H groups in total. The van der Waals surface area contributed by atoms with Gasteiger partial charge in [-0.15, -0.1) is 0 Å². The first-order valence-electron chi connectivity index (χ1n) is 5.42. The highest BCUT2D eigenvalue weighted by Crippen LogP contribution is 2.25. The molecule has 0 atom stereocenters. The van der Waals surface area contributed by atoms with Crippen molar-refractivity contribution < 1.29 is 16.8 Å². The lowest BCUT2D eigenvalue weighted by molar-refractivity contribution is 0.625. The first-order valence-corrected chi connectivity index (χ1v) is 7.57. The van der Waals surface area contributed by atoms with E-state index in [2.05, 4.69) is 0 Å². The summed E-state index contributed by atoms with van der Waals surface area (Å²) in [5, 5.41) is 0. The maximum atomic E-state index is 11.2. The molecule has 19 heavy (non-hydrogen) atoms. The Labute approximate surface area is 113 Å². The maximum Gasteiger partial charge on any atom is 0.218 e. The first-order chi connectivity index (χ1) is 9.00. The van der Waals surface area contributed by atoms with E-state index in [1.54, 1.807) is 18.2 Å².